The van der Waals surface area contributed by atoms with Gasteiger partial charge in [-0.15, -0.1) is 0 Å². The summed E-state index contributed by atoms with van der Waals surface area (Å²) >= 11 is 0. The van der Waals surface area contributed by atoms with Crippen LogP contribution >= 0.6 is 0 Å². The van der Waals surface area contributed by atoms with Crippen molar-refractivity contribution in [1.82, 2.24) is 0 Å². The number of nitrogens with zero attached hydrogens (tertiary/aromatic N) is 4. The molecule has 4 aromatic carbocycles. The number of hydrogen-bond acceptors (Lipinski definition) is 0. The van der Waals surface area contributed by atoms with E-state index in [1.807, 2.05) is 0 Å². The van der Waals surface area contributed by atoms with Crippen LogP contribution in [-0.2, 0) is 52.9 Å². The van der Waals surface area contributed by atoms with Crippen LogP contribution in [0.4, 0.5) is 0 Å². The summed E-state index contributed by atoms with van der Waals surface area (Å²) in [6.45, 7) is 75.3. The van der Waals surface area contributed by atoms with Crippen LogP contribution in [0, 0.1) is 52.4 Å². The molecule has 4 nitrogen and oxygen atoms in total. The van der Waals surface area contributed by atoms with E-state index in [0.717, 1.165) is 19.3 Å². The van der Waals surface area contributed by atoms with E-state index in [2.05, 4.69) is 385 Å². The Bertz CT molecular complexity index is 4100. The number of rotatable bonds is 21. The van der Waals surface area contributed by atoms with Gasteiger partial charge in [-0.3, -0.25) is 0 Å². The molecule has 0 spiro atoms. The predicted molar refractivity (Wildman–Crippen MR) is 463 cm³/mol. The van der Waals surface area contributed by atoms with Gasteiger partial charge in [0.05, 0.1) is 32.3 Å². The highest BCUT2D eigenvalue weighted by molar-refractivity contribution is 6.90. The van der Waals surface area contributed by atoms with E-state index in [4.69, 9.17) is 0 Å². The van der Waals surface area contributed by atoms with Gasteiger partial charge >= 0.3 is 0 Å². The Morgan fingerprint density at radius 3 is 1.02 bits per heavy atom. The van der Waals surface area contributed by atoms with E-state index in [0.29, 0.717) is 35.5 Å². The van der Waals surface area contributed by atoms with Crippen molar-refractivity contribution in [3.63, 3.8) is 0 Å². The first-order valence-corrected chi connectivity index (χ1v) is 53.6. The molecule has 0 saturated carbocycles. The van der Waals surface area contributed by atoms with Gasteiger partial charge in [-0.1, -0.05) is 237 Å². The standard InChI is InChI=1S/3C24H38NSi.C22H34NSi/c1-17(2)13-19-15-22(25(7)16-23(19)26(8,9)10)21-12-11-20(14-18(21)3)24(4,5)6;1-17(2)12-20-10-11-22(19(5)14-20)23-15-21(13-18(3)4)24(16-25(23)6)26(7,8)9;1-10-19(11-2)22-15-23(25(6)16-24(22)26(7,8)9)21-14-20(17(3)4)13-12-18(21)5;1-9-18(10-2)20-14-21(19-13-16(3)11-12-17(19)4)23(5)15-22(20)24(6,7)8/h11-12,14-17H,13H2,1-10H3;10-11,14-18H,12-13H2,1-9H3;12-17,19H,10-11H2,1-9H3;11-15,18H,9-10H2,1-8H3/q4*+1. The van der Waals surface area contributed by atoms with Crippen LogP contribution in [0.5, 0.6) is 0 Å². The Hall–Kier alpha value is -5.65. The molecule has 8 aromatic rings. The molecule has 102 heavy (non-hydrogen) atoms. The largest absolute Gasteiger partial charge is 0.212 e. The molecule has 0 aliphatic heterocycles. The van der Waals surface area contributed by atoms with Crippen LogP contribution in [0.3, 0.4) is 0 Å². The van der Waals surface area contributed by atoms with Gasteiger partial charge in [0.2, 0.25) is 22.8 Å². The highest BCUT2D eigenvalue weighted by Crippen LogP contribution is 2.34. The molecule has 0 saturated heterocycles. The average molecular weight is 1450 g/mol. The topological polar surface area (TPSA) is 15.5 Å². The summed E-state index contributed by atoms with van der Waals surface area (Å²) in [5.74, 6) is 3.93. The first-order chi connectivity index (χ1) is 47.1. The normalized spacial score (nSPS) is 12.3. The van der Waals surface area contributed by atoms with Gasteiger partial charge in [0.15, 0.2) is 24.8 Å². The van der Waals surface area contributed by atoms with E-state index in [9.17, 15) is 0 Å². The third-order valence-corrected chi connectivity index (χ3v) is 29.3. The molecule has 8 heteroatoms. The molecule has 4 heterocycles. The van der Waals surface area contributed by atoms with Crippen LogP contribution < -0.4 is 39.0 Å². The third kappa shape index (κ3) is 23.2. The summed E-state index contributed by atoms with van der Waals surface area (Å²) in [5, 5.41) is 6.44. The molecule has 0 aliphatic carbocycles. The number of hydrogen-bond donors (Lipinski definition) is 0. The number of benzene rings is 4. The van der Waals surface area contributed by atoms with Gasteiger partial charge in [-0.2, -0.15) is 0 Å². The smallest absolute Gasteiger partial charge is 0.201 e. The fourth-order valence-corrected chi connectivity index (χ4v) is 21.9. The molecule has 8 rings (SSSR count). The van der Waals surface area contributed by atoms with E-state index < -0.39 is 32.3 Å². The van der Waals surface area contributed by atoms with Crippen molar-refractivity contribution in [2.24, 2.45) is 45.9 Å². The predicted octanol–water partition coefficient (Wildman–Crippen LogP) is 22.3. The molecule has 556 valence electrons. The highest BCUT2D eigenvalue weighted by Gasteiger charge is 2.33. The fourth-order valence-electron chi connectivity index (χ4n) is 15.1. The number of aromatic nitrogens is 4. The summed E-state index contributed by atoms with van der Waals surface area (Å²) < 4.78 is 9.41. The monoisotopic (exact) mass is 1450 g/mol. The summed E-state index contributed by atoms with van der Waals surface area (Å²) in [6.07, 6.45) is 18.0. The summed E-state index contributed by atoms with van der Waals surface area (Å²) in [4.78, 5) is 0. The van der Waals surface area contributed by atoms with Crippen molar-refractivity contribution in [1.29, 1.82) is 0 Å². The summed E-state index contributed by atoms with van der Waals surface area (Å²) in [7, 11) is 3.34. The lowest BCUT2D eigenvalue weighted by Crippen LogP contribution is -2.47. The first kappa shape index (κ1) is 87.0. The number of aryl methyl sites for hydroxylation is 9. The molecule has 0 N–H and O–H groups in total. The van der Waals surface area contributed by atoms with Crippen LogP contribution in [0.25, 0.3) is 45.0 Å². The highest BCUT2D eigenvalue weighted by atomic mass is 28.3. The maximum atomic E-state index is 2.51. The molecule has 0 radical (unpaired) electrons. The van der Waals surface area contributed by atoms with Gasteiger partial charge < -0.3 is 0 Å². The SMILES string of the molecule is CCC(CC)c1cc(-c2cc(C(C)C)ccc2C)[n+](C)cc1[Si](C)(C)C.CCC(CC)c1cc(-c2cc(C)ccc2C)[n+](C)cc1[Si](C)(C)C.Cc1cc(C(C)(C)C)ccc1-c1cc(CC(C)C)c([Si](C)(C)C)c[n+]1C.Cc1cc(CC(C)C)ccc1-c1cc(CC(C)C)c([Si](C)(C)C)c[n+]1C. The van der Waals surface area contributed by atoms with Gasteiger partial charge in [-0.25, -0.2) is 18.3 Å². The molecule has 0 atom stereocenters. The minimum atomic E-state index is -1.39. The second kappa shape index (κ2) is 36.1. The molecule has 4 aromatic heterocycles. The first-order valence-electron chi connectivity index (χ1n) is 39.6. The van der Waals surface area contributed by atoms with Gasteiger partial charge in [0.25, 0.3) is 0 Å². The summed E-state index contributed by atoms with van der Waals surface area (Å²) in [6, 6.07) is 37.7. The Balaban J connectivity index is 0.000000245. The van der Waals surface area contributed by atoms with Crippen molar-refractivity contribution >= 4 is 53.0 Å². The van der Waals surface area contributed by atoms with E-state index in [1.54, 1.807) is 43.0 Å². The van der Waals surface area contributed by atoms with Crippen LogP contribution in [0.15, 0.2) is 122 Å². The van der Waals surface area contributed by atoms with Gasteiger partial charge in [-0.05, 0) is 206 Å². The Morgan fingerprint density at radius 2 is 0.686 bits per heavy atom. The molecule has 0 bridgehead atoms. The van der Waals surface area contributed by atoms with Crippen LogP contribution in [-0.4, -0.2) is 32.3 Å². The summed E-state index contributed by atoms with van der Waals surface area (Å²) in [5.41, 5.74) is 28.4. The minimum absolute atomic E-state index is 0.190. The Kier molecular flexibility index (Phi) is 30.8. The number of pyridine rings is 4. The maximum absolute atomic E-state index is 2.51. The lowest BCUT2D eigenvalue weighted by Gasteiger charge is -2.24. The van der Waals surface area contributed by atoms with E-state index in [1.165, 1.54) is 115 Å². The lowest BCUT2D eigenvalue weighted by molar-refractivity contribution is -0.659. The van der Waals surface area contributed by atoms with E-state index in [-0.39, 0.29) is 5.41 Å². The fraction of sp³-hybridized carbons (Fsp3) is 0.532. The zero-order valence-corrected chi connectivity index (χ0v) is 76.2. The van der Waals surface area contributed by atoms with E-state index >= 15 is 0 Å². The zero-order chi connectivity index (χ0) is 77.2. The lowest BCUT2D eigenvalue weighted by atomic mass is 9.85. The quantitative estimate of drug-likeness (QED) is 0.0503. The second-order valence-corrected chi connectivity index (χ2v) is 57.6. The molecule has 0 amide bonds. The minimum Gasteiger partial charge on any atom is -0.201 e. The van der Waals surface area contributed by atoms with Crippen molar-refractivity contribution in [3.05, 3.63) is 189 Å². The Morgan fingerprint density at radius 1 is 0.343 bits per heavy atom. The van der Waals surface area contributed by atoms with Crippen molar-refractivity contribution < 1.29 is 18.3 Å². The molecular formula is C94H148N4Si4+4. The van der Waals surface area contributed by atoms with Gasteiger partial charge in [0.1, 0.15) is 28.2 Å². The molecule has 0 aliphatic rings. The van der Waals surface area contributed by atoms with Gasteiger partial charge in [0, 0.05) is 67.3 Å². The zero-order valence-electron chi connectivity index (χ0n) is 72.2. The molecule has 0 fully saturated rings. The molecule has 0 unspecified atom stereocenters. The molecular weight excluding hydrogens is 1300 g/mol. The second-order valence-electron chi connectivity index (χ2n) is 37.5. The van der Waals surface area contributed by atoms with Crippen molar-refractivity contribution in [2.45, 2.75) is 285 Å². The Labute approximate surface area is 631 Å². The van der Waals surface area contributed by atoms with Crippen LogP contribution in [0.1, 0.15) is 214 Å². The van der Waals surface area contributed by atoms with Crippen molar-refractivity contribution in [3.8, 4) is 45.0 Å². The average Bonchev–Trinajstić information content (AvgIpc) is 0.798. The maximum Gasteiger partial charge on any atom is 0.212 e. The van der Waals surface area contributed by atoms with Crippen LogP contribution in [0.2, 0.25) is 78.6 Å². The van der Waals surface area contributed by atoms with Crippen molar-refractivity contribution in [2.75, 3.05) is 0 Å². The third-order valence-electron chi connectivity index (χ3n) is 21.1.